The number of para-hydroxylation sites is 2. The minimum Gasteiger partial charge on any atom is -0.495 e. The van der Waals surface area contributed by atoms with Crippen LogP contribution in [-0.2, 0) is 4.79 Å². The summed E-state index contributed by atoms with van der Waals surface area (Å²) in [5, 5.41) is 12.5. The first kappa shape index (κ1) is 26.4. The van der Waals surface area contributed by atoms with Gasteiger partial charge in [0, 0.05) is 11.4 Å². The van der Waals surface area contributed by atoms with Gasteiger partial charge in [0.25, 0.3) is 0 Å². The molecule has 0 fully saturated rings. The fraction of sp³-hybridized carbons (Fsp3) is 0.241. The van der Waals surface area contributed by atoms with Crippen molar-refractivity contribution in [3.8, 4) is 5.75 Å². The highest BCUT2D eigenvalue weighted by Gasteiger charge is 2.17. The molecule has 0 aliphatic heterocycles. The first-order valence-electron chi connectivity index (χ1n) is 12.4. The highest BCUT2D eigenvalue weighted by molar-refractivity contribution is 5.97. The van der Waals surface area contributed by atoms with Crippen LogP contribution in [-0.4, -0.2) is 34.0 Å². The number of rotatable bonds is 9. The van der Waals surface area contributed by atoms with Crippen molar-refractivity contribution >= 4 is 40.8 Å². The van der Waals surface area contributed by atoms with Crippen LogP contribution >= 0.6 is 0 Å². The molecule has 1 aromatic heterocycles. The van der Waals surface area contributed by atoms with E-state index in [0.29, 0.717) is 23.3 Å². The number of methoxy groups -OCH3 is 1. The van der Waals surface area contributed by atoms with E-state index in [1.807, 2.05) is 64.1 Å². The number of carbonyl (C=O) groups is 1. The SMILES string of the molecule is COc1ccccc1NC(=O)[C@H](C)Nc1nc(Nc2cc(C)cc(C)c2)nc(Nc2cc(C)cc(C)c2)n1. The molecule has 1 amide bonds. The van der Waals surface area contributed by atoms with Crippen LogP contribution in [0.2, 0.25) is 0 Å². The van der Waals surface area contributed by atoms with Crippen molar-refractivity contribution in [2.24, 2.45) is 0 Å². The minimum absolute atomic E-state index is 0.251. The van der Waals surface area contributed by atoms with Crippen molar-refractivity contribution in [1.82, 2.24) is 15.0 Å². The normalized spacial score (nSPS) is 11.4. The van der Waals surface area contributed by atoms with E-state index >= 15 is 0 Å². The minimum atomic E-state index is -0.648. The largest absolute Gasteiger partial charge is 0.495 e. The summed E-state index contributed by atoms with van der Waals surface area (Å²) in [5.41, 5.74) is 6.78. The van der Waals surface area contributed by atoms with E-state index < -0.39 is 6.04 Å². The predicted octanol–water partition coefficient (Wildman–Crippen LogP) is 6.04. The summed E-state index contributed by atoms with van der Waals surface area (Å²) in [5.74, 6) is 1.26. The molecule has 0 saturated heterocycles. The first-order valence-corrected chi connectivity index (χ1v) is 12.4. The van der Waals surface area contributed by atoms with Crippen molar-refractivity contribution < 1.29 is 9.53 Å². The summed E-state index contributed by atoms with van der Waals surface area (Å²) in [6, 6.07) is 18.9. The number of anilines is 6. The monoisotopic (exact) mass is 511 g/mol. The van der Waals surface area contributed by atoms with Crippen molar-refractivity contribution in [1.29, 1.82) is 0 Å². The van der Waals surface area contributed by atoms with E-state index in [0.717, 1.165) is 33.6 Å². The van der Waals surface area contributed by atoms with Crippen LogP contribution in [0.5, 0.6) is 5.75 Å². The average Bonchev–Trinajstić information content (AvgIpc) is 2.83. The summed E-state index contributed by atoms with van der Waals surface area (Å²) in [4.78, 5) is 26.6. The van der Waals surface area contributed by atoms with Gasteiger partial charge in [-0.2, -0.15) is 15.0 Å². The molecule has 0 saturated carbocycles. The third kappa shape index (κ3) is 6.97. The van der Waals surface area contributed by atoms with Crippen LogP contribution < -0.4 is 26.0 Å². The van der Waals surface area contributed by atoms with Crippen LogP contribution in [0.1, 0.15) is 29.2 Å². The second kappa shape index (κ2) is 11.6. The molecule has 4 aromatic rings. The molecule has 196 valence electrons. The number of hydrogen-bond donors (Lipinski definition) is 4. The number of nitrogens with one attached hydrogen (secondary N) is 4. The predicted molar refractivity (Wildman–Crippen MR) is 153 cm³/mol. The van der Waals surface area contributed by atoms with E-state index in [4.69, 9.17) is 4.74 Å². The number of hydrogen-bond acceptors (Lipinski definition) is 8. The van der Waals surface area contributed by atoms with Gasteiger partial charge in [-0.3, -0.25) is 4.79 Å². The molecule has 0 unspecified atom stereocenters. The maximum Gasteiger partial charge on any atom is 0.246 e. The van der Waals surface area contributed by atoms with Crippen LogP contribution in [0.25, 0.3) is 0 Å². The summed E-state index contributed by atoms with van der Waals surface area (Å²) in [7, 11) is 1.56. The lowest BCUT2D eigenvalue weighted by Gasteiger charge is -2.17. The molecule has 0 radical (unpaired) electrons. The smallest absolute Gasteiger partial charge is 0.246 e. The van der Waals surface area contributed by atoms with E-state index in [9.17, 15) is 4.79 Å². The summed E-state index contributed by atoms with van der Waals surface area (Å²) in [6.45, 7) is 9.88. The average molecular weight is 512 g/mol. The quantitative estimate of drug-likeness (QED) is 0.215. The maximum absolute atomic E-state index is 13.0. The van der Waals surface area contributed by atoms with E-state index in [2.05, 4.69) is 48.4 Å². The van der Waals surface area contributed by atoms with Crippen LogP contribution in [0.4, 0.5) is 34.9 Å². The Kier molecular flexibility index (Phi) is 8.06. The molecule has 4 N–H and O–H groups in total. The molecule has 38 heavy (non-hydrogen) atoms. The molecule has 0 aliphatic carbocycles. The highest BCUT2D eigenvalue weighted by atomic mass is 16.5. The Morgan fingerprint density at radius 2 is 1.21 bits per heavy atom. The van der Waals surface area contributed by atoms with E-state index in [1.54, 1.807) is 26.2 Å². The van der Waals surface area contributed by atoms with Gasteiger partial charge in [-0.15, -0.1) is 0 Å². The highest BCUT2D eigenvalue weighted by Crippen LogP contribution is 2.24. The van der Waals surface area contributed by atoms with Gasteiger partial charge in [-0.1, -0.05) is 24.3 Å². The van der Waals surface area contributed by atoms with Crippen molar-refractivity contribution in [3.63, 3.8) is 0 Å². The Hall–Kier alpha value is -4.66. The van der Waals surface area contributed by atoms with Gasteiger partial charge in [-0.25, -0.2) is 0 Å². The Morgan fingerprint density at radius 3 is 1.71 bits per heavy atom. The van der Waals surface area contributed by atoms with Crippen molar-refractivity contribution in [2.45, 2.75) is 40.7 Å². The number of aromatic nitrogens is 3. The summed E-state index contributed by atoms with van der Waals surface area (Å²) < 4.78 is 5.34. The number of aryl methyl sites for hydroxylation is 4. The number of carbonyl (C=O) groups excluding carboxylic acids is 1. The number of nitrogens with zero attached hydrogens (tertiary/aromatic N) is 3. The number of amides is 1. The van der Waals surface area contributed by atoms with Gasteiger partial charge in [0.05, 0.1) is 12.8 Å². The molecular formula is C29H33N7O2. The lowest BCUT2D eigenvalue weighted by molar-refractivity contribution is -0.116. The second-order valence-electron chi connectivity index (χ2n) is 9.36. The Morgan fingerprint density at radius 1 is 0.737 bits per heavy atom. The van der Waals surface area contributed by atoms with Gasteiger partial charge >= 0.3 is 0 Å². The lowest BCUT2D eigenvalue weighted by Crippen LogP contribution is -2.32. The Balaban J connectivity index is 1.60. The zero-order valence-electron chi connectivity index (χ0n) is 22.5. The molecule has 1 atom stereocenters. The third-order valence-corrected chi connectivity index (χ3v) is 5.69. The lowest BCUT2D eigenvalue weighted by atomic mass is 10.1. The van der Waals surface area contributed by atoms with Gasteiger partial charge in [-0.05, 0) is 93.3 Å². The summed E-state index contributed by atoms with van der Waals surface area (Å²) in [6.07, 6.45) is 0. The van der Waals surface area contributed by atoms with Gasteiger partial charge < -0.3 is 26.0 Å². The maximum atomic E-state index is 13.0. The molecular weight excluding hydrogens is 478 g/mol. The Labute approximate surface area is 223 Å². The van der Waals surface area contributed by atoms with Gasteiger partial charge in [0.2, 0.25) is 23.8 Å². The number of ether oxygens (including phenoxy) is 1. The molecule has 0 aliphatic rings. The molecule has 4 rings (SSSR count). The van der Waals surface area contributed by atoms with Crippen LogP contribution in [0.3, 0.4) is 0 Å². The van der Waals surface area contributed by atoms with Crippen LogP contribution in [0.15, 0.2) is 60.7 Å². The first-order chi connectivity index (χ1) is 18.2. The molecule has 9 heteroatoms. The molecule has 0 spiro atoms. The molecule has 3 aromatic carbocycles. The van der Waals surface area contributed by atoms with Crippen molar-refractivity contribution in [2.75, 3.05) is 28.4 Å². The zero-order valence-corrected chi connectivity index (χ0v) is 22.5. The van der Waals surface area contributed by atoms with Crippen molar-refractivity contribution in [3.05, 3.63) is 82.9 Å². The van der Waals surface area contributed by atoms with Gasteiger partial charge in [0.1, 0.15) is 11.8 Å². The second-order valence-corrected chi connectivity index (χ2v) is 9.36. The zero-order chi connectivity index (χ0) is 27.2. The van der Waals surface area contributed by atoms with Gasteiger partial charge in [0.15, 0.2) is 0 Å². The van der Waals surface area contributed by atoms with E-state index in [1.165, 1.54) is 0 Å². The third-order valence-electron chi connectivity index (χ3n) is 5.69. The fourth-order valence-electron chi connectivity index (χ4n) is 4.15. The molecule has 1 heterocycles. The standard InChI is InChI=1S/C29H33N7O2/c1-17-11-18(2)14-22(13-17)31-28-34-27(35-29(36-28)32-23-15-19(3)12-20(4)16-23)30-21(5)26(37)33-24-9-7-8-10-25(24)38-6/h7-16,21H,1-6H3,(H,33,37)(H3,30,31,32,34,35,36)/t21-/m0/s1. The molecule has 9 nitrogen and oxygen atoms in total. The Bertz CT molecular complexity index is 1340. The number of benzene rings is 3. The van der Waals surface area contributed by atoms with Crippen LogP contribution in [0, 0.1) is 27.7 Å². The fourth-order valence-corrected chi connectivity index (χ4v) is 4.15. The topological polar surface area (TPSA) is 113 Å². The molecule has 0 bridgehead atoms. The summed E-state index contributed by atoms with van der Waals surface area (Å²) >= 11 is 0. The van der Waals surface area contributed by atoms with E-state index in [-0.39, 0.29) is 11.9 Å².